The van der Waals surface area contributed by atoms with Crippen LogP contribution in [0.3, 0.4) is 0 Å². The lowest BCUT2D eigenvalue weighted by atomic mass is 9.83. The Morgan fingerprint density at radius 3 is 2.83 bits per heavy atom. The number of hydrogen-bond acceptors (Lipinski definition) is 1. The van der Waals surface area contributed by atoms with E-state index in [1.165, 1.54) is 18.4 Å². The first kappa shape index (κ1) is 9.79. The highest BCUT2D eigenvalue weighted by atomic mass is 16.3. The minimum absolute atomic E-state index is 0.0339. The van der Waals surface area contributed by atoms with Gasteiger partial charge in [-0.1, -0.05) is 25.5 Å². The van der Waals surface area contributed by atoms with E-state index in [2.05, 4.69) is 13.5 Å². The Hall–Kier alpha value is -0.300. The molecule has 0 heterocycles. The fourth-order valence-corrected chi connectivity index (χ4v) is 2.00. The van der Waals surface area contributed by atoms with Crippen LogP contribution in [0.15, 0.2) is 12.2 Å². The van der Waals surface area contributed by atoms with E-state index >= 15 is 0 Å². The molecule has 0 aromatic rings. The Bertz CT molecular complexity index is 151. The fraction of sp³-hybridized carbons (Fsp3) is 0.818. The largest absolute Gasteiger partial charge is 0.393 e. The molecule has 0 radical (unpaired) electrons. The maximum absolute atomic E-state index is 9.44. The first-order valence-corrected chi connectivity index (χ1v) is 5.07. The minimum Gasteiger partial charge on any atom is -0.393 e. The molecule has 12 heavy (non-hydrogen) atoms. The van der Waals surface area contributed by atoms with E-state index in [1.807, 2.05) is 0 Å². The molecular weight excluding hydrogens is 148 g/mol. The first-order valence-electron chi connectivity index (χ1n) is 5.07. The van der Waals surface area contributed by atoms with E-state index in [0.717, 1.165) is 25.7 Å². The highest BCUT2D eigenvalue weighted by Gasteiger charge is 2.19. The molecule has 70 valence electrons. The zero-order valence-corrected chi connectivity index (χ0v) is 8.05. The Morgan fingerprint density at radius 2 is 2.25 bits per heavy atom. The van der Waals surface area contributed by atoms with Gasteiger partial charge in [-0.15, -0.1) is 0 Å². The van der Waals surface area contributed by atoms with Gasteiger partial charge in [-0.05, 0) is 38.0 Å². The number of aliphatic hydroxyl groups is 1. The predicted octanol–water partition coefficient (Wildman–Crippen LogP) is 2.89. The average molecular weight is 168 g/mol. The molecule has 1 fully saturated rings. The third-order valence-electron chi connectivity index (χ3n) is 2.83. The van der Waals surface area contributed by atoms with Gasteiger partial charge in [0, 0.05) is 0 Å². The van der Waals surface area contributed by atoms with Crippen molar-refractivity contribution in [1.82, 2.24) is 0 Å². The van der Waals surface area contributed by atoms with Crippen molar-refractivity contribution in [2.75, 3.05) is 0 Å². The second-order valence-corrected chi connectivity index (χ2v) is 3.99. The molecule has 0 amide bonds. The van der Waals surface area contributed by atoms with Gasteiger partial charge in [0.1, 0.15) is 0 Å². The van der Waals surface area contributed by atoms with Crippen LogP contribution in [0.2, 0.25) is 0 Å². The summed E-state index contributed by atoms with van der Waals surface area (Å²) in [5.74, 6) is 0.709. The zero-order valence-electron chi connectivity index (χ0n) is 8.05. The molecule has 1 rings (SSSR count). The van der Waals surface area contributed by atoms with Crippen molar-refractivity contribution < 1.29 is 5.11 Å². The van der Waals surface area contributed by atoms with Gasteiger partial charge in [0.15, 0.2) is 0 Å². The third-order valence-corrected chi connectivity index (χ3v) is 2.83. The summed E-state index contributed by atoms with van der Waals surface area (Å²) in [6, 6.07) is 0. The molecule has 0 bridgehead atoms. The van der Waals surface area contributed by atoms with Gasteiger partial charge in [-0.3, -0.25) is 0 Å². The van der Waals surface area contributed by atoms with E-state index in [9.17, 15) is 5.11 Å². The van der Waals surface area contributed by atoms with Crippen LogP contribution in [0.25, 0.3) is 0 Å². The molecule has 0 aromatic carbocycles. The number of hydrogen-bond donors (Lipinski definition) is 1. The third kappa shape index (κ3) is 2.98. The average Bonchev–Trinajstić information content (AvgIpc) is 2.04. The van der Waals surface area contributed by atoms with Crippen molar-refractivity contribution in [2.45, 2.75) is 51.6 Å². The minimum atomic E-state index is -0.0339. The van der Waals surface area contributed by atoms with E-state index in [-0.39, 0.29) is 6.10 Å². The normalized spacial score (nSPS) is 30.2. The van der Waals surface area contributed by atoms with Crippen LogP contribution < -0.4 is 0 Å². The molecule has 1 aliphatic rings. The smallest absolute Gasteiger partial charge is 0.0543 e. The van der Waals surface area contributed by atoms with Crippen LogP contribution in [0.5, 0.6) is 0 Å². The van der Waals surface area contributed by atoms with Gasteiger partial charge >= 0.3 is 0 Å². The highest BCUT2D eigenvalue weighted by Crippen LogP contribution is 2.29. The standard InChI is InChI=1S/C11H20O/c1-3-9(2)7-10-5-4-6-11(12)8-10/h10-12H,2-8H2,1H3. The highest BCUT2D eigenvalue weighted by molar-refractivity contribution is 4.95. The van der Waals surface area contributed by atoms with Crippen molar-refractivity contribution in [2.24, 2.45) is 5.92 Å². The molecule has 0 aliphatic heterocycles. The molecule has 1 N–H and O–H groups in total. The van der Waals surface area contributed by atoms with Crippen molar-refractivity contribution in [3.8, 4) is 0 Å². The molecule has 1 saturated carbocycles. The molecule has 0 saturated heterocycles. The van der Waals surface area contributed by atoms with Crippen LogP contribution in [0.4, 0.5) is 0 Å². The van der Waals surface area contributed by atoms with Gasteiger partial charge in [0.2, 0.25) is 0 Å². The van der Waals surface area contributed by atoms with Crippen LogP contribution in [0.1, 0.15) is 45.4 Å². The SMILES string of the molecule is C=C(CC)CC1CCCC(O)C1. The summed E-state index contributed by atoms with van der Waals surface area (Å²) in [5.41, 5.74) is 1.34. The molecule has 1 aliphatic carbocycles. The Kier molecular flexibility index (Phi) is 3.80. The van der Waals surface area contributed by atoms with Crippen LogP contribution in [0, 0.1) is 5.92 Å². The van der Waals surface area contributed by atoms with Crippen molar-refractivity contribution >= 4 is 0 Å². The van der Waals surface area contributed by atoms with Gasteiger partial charge < -0.3 is 5.11 Å². The lowest BCUT2D eigenvalue weighted by molar-refractivity contribution is 0.101. The summed E-state index contributed by atoms with van der Waals surface area (Å²) < 4.78 is 0. The first-order chi connectivity index (χ1) is 5.72. The summed E-state index contributed by atoms with van der Waals surface area (Å²) >= 11 is 0. The van der Waals surface area contributed by atoms with Crippen LogP contribution >= 0.6 is 0 Å². The van der Waals surface area contributed by atoms with Crippen molar-refractivity contribution in [3.05, 3.63) is 12.2 Å². The van der Waals surface area contributed by atoms with E-state index in [4.69, 9.17) is 0 Å². The molecule has 0 spiro atoms. The summed E-state index contributed by atoms with van der Waals surface area (Å²) in [6.45, 7) is 6.17. The molecule has 0 aromatic heterocycles. The maximum Gasteiger partial charge on any atom is 0.0543 e. The van der Waals surface area contributed by atoms with Gasteiger partial charge in [0.25, 0.3) is 0 Å². The van der Waals surface area contributed by atoms with E-state index in [0.29, 0.717) is 5.92 Å². The van der Waals surface area contributed by atoms with Crippen molar-refractivity contribution in [1.29, 1.82) is 0 Å². The summed E-state index contributed by atoms with van der Waals surface area (Å²) in [5, 5.41) is 9.44. The lowest BCUT2D eigenvalue weighted by Gasteiger charge is -2.26. The van der Waals surface area contributed by atoms with Crippen LogP contribution in [-0.2, 0) is 0 Å². The molecule has 2 unspecified atom stereocenters. The molecule has 1 nitrogen and oxygen atoms in total. The topological polar surface area (TPSA) is 20.2 Å². The Morgan fingerprint density at radius 1 is 1.50 bits per heavy atom. The fourth-order valence-electron chi connectivity index (χ4n) is 2.00. The van der Waals surface area contributed by atoms with Gasteiger partial charge in [-0.25, -0.2) is 0 Å². The predicted molar refractivity (Wildman–Crippen MR) is 52.0 cm³/mol. The quantitative estimate of drug-likeness (QED) is 0.642. The number of allylic oxidation sites excluding steroid dienone is 1. The van der Waals surface area contributed by atoms with Crippen molar-refractivity contribution in [3.63, 3.8) is 0 Å². The molecule has 1 heteroatoms. The van der Waals surface area contributed by atoms with Gasteiger partial charge in [0.05, 0.1) is 6.10 Å². The van der Waals surface area contributed by atoms with E-state index < -0.39 is 0 Å². The maximum atomic E-state index is 9.44. The summed E-state index contributed by atoms with van der Waals surface area (Å²) in [4.78, 5) is 0. The summed E-state index contributed by atoms with van der Waals surface area (Å²) in [6.07, 6.45) is 6.68. The van der Waals surface area contributed by atoms with E-state index in [1.54, 1.807) is 0 Å². The Balaban J connectivity index is 2.27. The Labute approximate surface area is 75.5 Å². The lowest BCUT2D eigenvalue weighted by Crippen LogP contribution is -2.19. The van der Waals surface area contributed by atoms with Gasteiger partial charge in [-0.2, -0.15) is 0 Å². The summed E-state index contributed by atoms with van der Waals surface area (Å²) in [7, 11) is 0. The van der Waals surface area contributed by atoms with Crippen LogP contribution in [-0.4, -0.2) is 11.2 Å². The number of rotatable bonds is 3. The second kappa shape index (κ2) is 4.66. The number of aliphatic hydroxyl groups excluding tert-OH is 1. The monoisotopic (exact) mass is 168 g/mol. The molecule has 2 atom stereocenters. The molecular formula is C11H20O. The zero-order chi connectivity index (χ0) is 8.97. The second-order valence-electron chi connectivity index (χ2n) is 3.99.